The molecule has 3 rings (SSSR count). The molecule has 1 aliphatic heterocycles. The minimum Gasteiger partial charge on any atom is -0.342 e. The van der Waals surface area contributed by atoms with Crippen molar-refractivity contribution < 1.29 is 9.59 Å². The van der Waals surface area contributed by atoms with E-state index in [0.717, 1.165) is 11.1 Å². The fraction of sp³-hybridized carbons (Fsp3) is 0.300. The highest BCUT2D eigenvalue weighted by Crippen LogP contribution is 2.20. The first-order chi connectivity index (χ1) is 12.0. The molecule has 0 spiro atoms. The van der Waals surface area contributed by atoms with Gasteiger partial charge in [0, 0.05) is 13.1 Å². The normalized spacial score (nSPS) is 19.5. The molecule has 0 aliphatic carbocycles. The van der Waals surface area contributed by atoms with Gasteiger partial charge in [0.1, 0.15) is 11.6 Å². The Kier molecular flexibility index (Phi) is 4.86. The van der Waals surface area contributed by atoms with Crippen molar-refractivity contribution >= 4 is 11.8 Å². The quantitative estimate of drug-likeness (QED) is 0.873. The number of rotatable bonds is 5. The highest BCUT2D eigenvalue weighted by Gasteiger charge is 2.37. The molecule has 25 heavy (non-hydrogen) atoms. The second kappa shape index (κ2) is 7.07. The average Bonchev–Trinajstić information content (AvgIpc) is 2.96. The van der Waals surface area contributed by atoms with Crippen LogP contribution in [0.1, 0.15) is 24.5 Å². The summed E-state index contributed by atoms with van der Waals surface area (Å²) >= 11 is 0. The van der Waals surface area contributed by atoms with E-state index < -0.39 is 11.6 Å². The monoisotopic (exact) mass is 337 g/mol. The van der Waals surface area contributed by atoms with Crippen LogP contribution in [0.5, 0.6) is 0 Å². The molecule has 0 saturated carbocycles. The average molecular weight is 337 g/mol. The van der Waals surface area contributed by atoms with Crippen LogP contribution in [-0.2, 0) is 21.7 Å². The topological polar surface area (TPSA) is 75.4 Å². The van der Waals surface area contributed by atoms with Crippen LogP contribution < -0.4 is 11.1 Å². The van der Waals surface area contributed by atoms with Crippen molar-refractivity contribution in [3.05, 3.63) is 71.8 Å². The van der Waals surface area contributed by atoms with Gasteiger partial charge < -0.3 is 16.0 Å². The van der Waals surface area contributed by atoms with Gasteiger partial charge in [0.2, 0.25) is 11.8 Å². The lowest BCUT2D eigenvalue weighted by atomic mass is 9.92. The molecule has 0 radical (unpaired) electrons. The van der Waals surface area contributed by atoms with Crippen molar-refractivity contribution in [3.63, 3.8) is 0 Å². The van der Waals surface area contributed by atoms with Gasteiger partial charge in [0.05, 0.1) is 0 Å². The molecule has 3 N–H and O–H groups in total. The Labute approximate surface area is 147 Å². The van der Waals surface area contributed by atoms with Crippen LogP contribution in [0.4, 0.5) is 0 Å². The third-order valence-electron chi connectivity index (χ3n) is 4.66. The zero-order chi connectivity index (χ0) is 17.9. The summed E-state index contributed by atoms with van der Waals surface area (Å²) in [5.74, 6) is -0.389. The van der Waals surface area contributed by atoms with E-state index in [2.05, 4.69) is 5.32 Å². The van der Waals surface area contributed by atoms with Crippen molar-refractivity contribution in [2.24, 2.45) is 5.73 Å². The molecule has 0 aromatic heterocycles. The van der Waals surface area contributed by atoms with E-state index in [-0.39, 0.29) is 11.8 Å². The van der Waals surface area contributed by atoms with Crippen molar-refractivity contribution in [1.82, 2.24) is 10.2 Å². The largest absolute Gasteiger partial charge is 0.342 e. The zero-order valence-corrected chi connectivity index (χ0v) is 14.3. The number of hydrogen-bond donors (Lipinski definition) is 2. The SMILES string of the molecule is CC(N)(C(=O)NC1CCN(Cc2ccccc2)C1=O)c1ccccc1. The Balaban J connectivity index is 1.64. The summed E-state index contributed by atoms with van der Waals surface area (Å²) in [4.78, 5) is 27.0. The number of carbonyl (C=O) groups excluding carboxylic acids is 2. The number of nitrogens with zero attached hydrogens (tertiary/aromatic N) is 1. The van der Waals surface area contributed by atoms with Gasteiger partial charge in [-0.2, -0.15) is 0 Å². The second-order valence-corrected chi connectivity index (χ2v) is 6.63. The summed E-state index contributed by atoms with van der Waals surface area (Å²) in [5, 5.41) is 2.83. The molecule has 5 nitrogen and oxygen atoms in total. The van der Waals surface area contributed by atoms with Crippen LogP contribution in [0.2, 0.25) is 0 Å². The van der Waals surface area contributed by atoms with E-state index in [4.69, 9.17) is 5.73 Å². The first kappa shape index (κ1) is 17.2. The molecule has 1 aliphatic rings. The van der Waals surface area contributed by atoms with Crippen molar-refractivity contribution in [2.45, 2.75) is 31.5 Å². The Bertz CT molecular complexity index is 744. The number of nitrogens with one attached hydrogen (secondary N) is 1. The molecule has 130 valence electrons. The molecule has 2 aromatic carbocycles. The number of hydrogen-bond acceptors (Lipinski definition) is 3. The first-order valence-corrected chi connectivity index (χ1v) is 8.46. The first-order valence-electron chi connectivity index (χ1n) is 8.46. The maximum absolute atomic E-state index is 12.6. The number of nitrogens with two attached hydrogens (primary N) is 1. The third kappa shape index (κ3) is 3.72. The fourth-order valence-electron chi connectivity index (χ4n) is 3.06. The van der Waals surface area contributed by atoms with Gasteiger partial charge in [-0.15, -0.1) is 0 Å². The lowest BCUT2D eigenvalue weighted by molar-refractivity contribution is -0.134. The van der Waals surface area contributed by atoms with Crippen LogP contribution in [-0.4, -0.2) is 29.3 Å². The molecule has 2 unspecified atom stereocenters. The lowest BCUT2D eigenvalue weighted by Gasteiger charge is -2.26. The summed E-state index contributed by atoms with van der Waals surface area (Å²) in [6, 6.07) is 18.5. The number of likely N-dealkylation sites (tertiary alicyclic amines) is 1. The van der Waals surface area contributed by atoms with E-state index in [1.165, 1.54) is 0 Å². The minimum atomic E-state index is -1.17. The summed E-state index contributed by atoms with van der Waals surface area (Å²) in [6.45, 7) is 2.86. The van der Waals surface area contributed by atoms with Gasteiger partial charge in [-0.05, 0) is 24.5 Å². The van der Waals surface area contributed by atoms with Crippen molar-refractivity contribution in [2.75, 3.05) is 6.54 Å². The summed E-state index contributed by atoms with van der Waals surface area (Å²) in [5.41, 5.74) is 6.85. The van der Waals surface area contributed by atoms with Crippen LogP contribution in [0.15, 0.2) is 60.7 Å². The van der Waals surface area contributed by atoms with Gasteiger partial charge in [0.15, 0.2) is 0 Å². The predicted octanol–water partition coefficient (Wildman–Crippen LogP) is 1.78. The molecule has 1 heterocycles. The molecule has 0 bridgehead atoms. The molecule has 1 saturated heterocycles. The van der Waals surface area contributed by atoms with E-state index in [9.17, 15) is 9.59 Å². The predicted molar refractivity (Wildman–Crippen MR) is 96.4 cm³/mol. The molecular weight excluding hydrogens is 314 g/mol. The highest BCUT2D eigenvalue weighted by atomic mass is 16.2. The van der Waals surface area contributed by atoms with E-state index in [0.29, 0.717) is 19.5 Å². The summed E-state index contributed by atoms with van der Waals surface area (Å²) < 4.78 is 0. The Hall–Kier alpha value is -2.66. The minimum absolute atomic E-state index is 0.0546. The maximum Gasteiger partial charge on any atom is 0.245 e. The molecule has 2 aromatic rings. The van der Waals surface area contributed by atoms with Crippen LogP contribution in [0.25, 0.3) is 0 Å². The van der Waals surface area contributed by atoms with Gasteiger partial charge >= 0.3 is 0 Å². The smallest absolute Gasteiger partial charge is 0.245 e. The van der Waals surface area contributed by atoms with Crippen molar-refractivity contribution in [1.29, 1.82) is 0 Å². The second-order valence-electron chi connectivity index (χ2n) is 6.63. The summed E-state index contributed by atoms with van der Waals surface area (Å²) in [6.07, 6.45) is 0.599. The highest BCUT2D eigenvalue weighted by molar-refractivity contribution is 5.93. The van der Waals surface area contributed by atoms with E-state index in [1.807, 2.05) is 60.7 Å². The van der Waals surface area contributed by atoms with Gasteiger partial charge in [-0.1, -0.05) is 60.7 Å². The van der Waals surface area contributed by atoms with Gasteiger partial charge in [-0.3, -0.25) is 9.59 Å². The Morgan fingerprint density at radius 3 is 2.40 bits per heavy atom. The third-order valence-corrected chi connectivity index (χ3v) is 4.66. The number of carbonyl (C=O) groups is 2. The Morgan fingerprint density at radius 2 is 1.76 bits per heavy atom. The van der Waals surface area contributed by atoms with Crippen LogP contribution >= 0.6 is 0 Å². The standard InChI is InChI=1S/C20H23N3O2/c1-20(21,16-10-6-3-7-11-16)19(25)22-17-12-13-23(18(17)24)14-15-8-4-2-5-9-15/h2-11,17H,12-14,21H2,1H3,(H,22,25). The number of amides is 2. The Morgan fingerprint density at radius 1 is 1.16 bits per heavy atom. The van der Waals surface area contributed by atoms with E-state index in [1.54, 1.807) is 11.8 Å². The van der Waals surface area contributed by atoms with Gasteiger partial charge in [-0.25, -0.2) is 0 Å². The lowest BCUT2D eigenvalue weighted by Crippen LogP contribution is -2.53. The van der Waals surface area contributed by atoms with Crippen molar-refractivity contribution in [3.8, 4) is 0 Å². The molecular formula is C20H23N3O2. The van der Waals surface area contributed by atoms with Crippen LogP contribution in [0.3, 0.4) is 0 Å². The fourth-order valence-corrected chi connectivity index (χ4v) is 3.06. The molecule has 5 heteroatoms. The summed E-state index contributed by atoms with van der Waals surface area (Å²) in [7, 11) is 0. The molecule has 1 fully saturated rings. The van der Waals surface area contributed by atoms with E-state index >= 15 is 0 Å². The number of benzene rings is 2. The van der Waals surface area contributed by atoms with Crippen LogP contribution in [0, 0.1) is 0 Å². The zero-order valence-electron chi connectivity index (χ0n) is 14.3. The maximum atomic E-state index is 12.6. The van der Waals surface area contributed by atoms with Gasteiger partial charge in [0.25, 0.3) is 0 Å². The molecule has 2 atom stereocenters. The molecule has 2 amide bonds.